The van der Waals surface area contributed by atoms with Crippen LogP contribution >= 0.6 is 11.6 Å². The van der Waals surface area contributed by atoms with E-state index in [0.29, 0.717) is 30.7 Å². The van der Waals surface area contributed by atoms with Crippen molar-refractivity contribution in [2.24, 2.45) is 0 Å². The lowest BCUT2D eigenvalue weighted by Gasteiger charge is -2.38. The van der Waals surface area contributed by atoms with Crippen LogP contribution < -0.4 is 10.6 Å². The van der Waals surface area contributed by atoms with Crippen LogP contribution in [0, 0.1) is 12.7 Å². The van der Waals surface area contributed by atoms with Crippen molar-refractivity contribution >= 4 is 27.3 Å². The first-order chi connectivity index (χ1) is 14.4. The van der Waals surface area contributed by atoms with E-state index in [4.69, 9.17) is 11.6 Å². The van der Waals surface area contributed by atoms with E-state index in [9.17, 15) is 30.8 Å². The van der Waals surface area contributed by atoms with E-state index < -0.39 is 43.7 Å². The molecule has 1 amide bonds. The Kier molecular flexibility index (Phi) is 6.37. The van der Waals surface area contributed by atoms with Gasteiger partial charge in [-0.25, -0.2) is 12.8 Å². The minimum Gasteiger partial charge on any atom is -0.331 e. The fraction of sp³-hybridized carbons (Fsp3) is 0.350. The van der Waals surface area contributed by atoms with Gasteiger partial charge in [0.25, 0.3) is 5.91 Å². The summed E-state index contributed by atoms with van der Waals surface area (Å²) in [5.41, 5.74) is -1.64. The number of hydrogen-bond acceptors (Lipinski definition) is 4. The second-order valence-corrected chi connectivity index (χ2v) is 9.92. The highest BCUT2D eigenvalue weighted by atomic mass is 35.5. The van der Waals surface area contributed by atoms with Crippen LogP contribution in [0.1, 0.15) is 34.3 Å². The molecule has 11 heteroatoms. The van der Waals surface area contributed by atoms with Crippen LogP contribution in [0.4, 0.5) is 17.6 Å². The summed E-state index contributed by atoms with van der Waals surface area (Å²) < 4.78 is 79.8. The number of piperidine rings is 1. The molecule has 1 saturated heterocycles. The molecule has 2 aromatic rings. The van der Waals surface area contributed by atoms with Gasteiger partial charge < -0.3 is 10.6 Å². The summed E-state index contributed by atoms with van der Waals surface area (Å²) in [5.74, 6) is -2.53. The van der Waals surface area contributed by atoms with Gasteiger partial charge in [-0.1, -0.05) is 17.7 Å². The highest BCUT2D eigenvalue weighted by Gasteiger charge is 2.48. The third-order valence-corrected chi connectivity index (χ3v) is 8.16. The molecule has 0 radical (unpaired) electrons. The lowest BCUT2D eigenvalue weighted by Crippen LogP contribution is -2.62. The molecule has 1 atom stereocenters. The Morgan fingerprint density at radius 1 is 1.23 bits per heavy atom. The lowest BCUT2D eigenvalue weighted by atomic mass is 10.1. The third-order valence-electron chi connectivity index (χ3n) is 5.25. The minimum absolute atomic E-state index is 0.0300. The van der Waals surface area contributed by atoms with Crippen molar-refractivity contribution in [3.8, 4) is 0 Å². The zero-order valence-corrected chi connectivity index (χ0v) is 17.9. The second kappa shape index (κ2) is 8.40. The molecule has 2 N–H and O–H groups in total. The molecule has 0 spiro atoms. The molecule has 0 saturated carbocycles. The Bertz CT molecular complexity index is 1110. The van der Waals surface area contributed by atoms with E-state index in [0.717, 1.165) is 0 Å². The van der Waals surface area contributed by atoms with Gasteiger partial charge in [0.2, 0.25) is 9.84 Å². The molecule has 0 aliphatic carbocycles. The molecule has 0 aromatic heterocycles. The van der Waals surface area contributed by atoms with Gasteiger partial charge in [-0.05, 0) is 62.2 Å². The molecule has 0 bridgehead atoms. The van der Waals surface area contributed by atoms with Crippen LogP contribution in [0.25, 0.3) is 0 Å². The van der Waals surface area contributed by atoms with Gasteiger partial charge >= 0.3 is 6.18 Å². The van der Waals surface area contributed by atoms with Crippen LogP contribution in [0.15, 0.2) is 41.3 Å². The molecule has 31 heavy (non-hydrogen) atoms. The highest BCUT2D eigenvalue weighted by Crippen LogP contribution is 2.34. The van der Waals surface area contributed by atoms with Crippen LogP contribution in [-0.2, 0) is 16.0 Å². The van der Waals surface area contributed by atoms with Crippen molar-refractivity contribution in [1.29, 1.82) is 0 Å². The fourth-order valence-electron chi connectivity index (χ4n) is 3.52. The summed E-state index contributed by atoms with van der Waals surface area (Å²) in [6.07, 6.45) is -4.35. The maximum absolute atomic E-state index is 14.3. The van der Waals surface area contributed by atoms with Crippen LogP contribution in [-0.4, -0.2) is 32.3 Å². The first kappa shape index (κ1) is 23.5. The summed E-state index contributed by atoms with van der Waals surface area (Å²) in [6.45, 7) is 1.88. The summed E-state index contributed by atoms with van der Waals surface area (Å²) in [4.78, 5) is 10.9. The van der Waals surface area contributed by atoms with Crippen molar-refractivity contribution in [2.75, 3.05) is 13.1 Å². The molecule has 168 valence electrons. The monoisotopic (exact) mass is 478 g/mol. The molecule has 3 rings (SSSR count). The number of rotatable bonds is 4. The number of hydrogen-bond donors (Lipinski definition) is 2. The van der Waals surface area contributed by atoms with Gasteiger partial charge in [-0.15, -0.1) is 0 Å². The predicted octanol–water partition coefficient (Wildman–Crippen LogP) is 4.09. The highest BCUT2D eigenvalue weighted by molar-refractivity contribution is 7.93. The average Bonchev–Trinajstić information content (AvgIpc) is 2.69. The number of nitrogens with one attached hydrogen (secondary N) is 2. The Labute approximate surface area is 181 Å². The zero-order chi connectivity index (χ0) is 23.0. The van der Waals surface area contributed by atoms with Gasteiger partial charge in [0.05, 0.1) is 16.0 Å². The van der Waals surface area contributed by atoms with Crippen LogP contribution in [0.2, 0.25) is 5.02 Å². The average molecular weight is 479 g/mol. The number of carbonyl (C=O) groups excluding carboxylic acids is 1. The Morgan fingerprint density at radius 2 is 1.94 bits per heavy atom. The van der Waals surface area contributed by atoms with Gasteiger partial charge in [0, 0.05) is 11.6 Å². The normalized spacial score (nSPS) is 19.8. The quantitative estimate of drug-likeness (QED) is 0.649. The SMILES string of the molecule is Cc1c(Cl)cccc1S(=O)(=O)[C@@]1(NC(=O)c2ccc(C(F)(F)F)cc2F)CCCNC1. The molecule has 1 aliphatic heterocycles. The molecular weight excluding hydrogens is 460 g/mol. The van der Waals surface area contributed by atoms with E-state index in [1.165, 1.54) is 25.1 Å². The second-order valence-electron chi connectivity index (χ2n) is 7.29. The molecule has 0 unspecified atom stereocenters. The Balaban J connectivity index is 2.02. The van der Waals surface area contributed by atoms with Gasteiger partial charge in [0.15, 0.2) is 4.87 Å². The fourth-order valence-corrected chi connectivity index (χ4v) is 5.87. The number of sulfone groups is 1. The van der Waals surface area contributed by atoms with Crippen molar-refractivity contribution < 1.29 is 30.8 Å². The van der Waals surface area contributed by atoms with E-state index in [1.54, 1.807) is 0 Å². The third kappa shape index (κ3) is 4.42. The summed E-state index contributed by atoms with van der Waals surface area (Å²) >= 11 is 6.07. The first-order valence-electron chi connectivity index (χ1n) is 9.29. The molecule has 1 fully saturated rings. The van der Waals surface area contributed by atoms with E-state index >= 15 is 0 Å². The maximum atomic E-state index is 14.3. The van der Waals surface area contributed by atoms with E-state index in [1.807, 2.05) is 0 Å². The van der Waals surface area contributed by atoms with Crippen molar-refractivity contribution in [2.45, 2.75) is 35.7 Å². The van der Waals surface area contributed by atoms with Crippen molar-refractivity contribution in [1.82, 2.24) is 10.6 Å². The minimum atomic E-state index is -4.78. The summed E-state index contributed by atoms with van der Waals surface area (Å²) in [7, 11) is -4.21. The van der Waals surface area contributed by atoms with Gasteiger partial charge in [-0.3, -0.25) is 4.79 Å². The number of alkyl halides is 3. The number of halogens is 5. The van der Waals surface area contributed by atoms with Gasteiger partial charge in [0.1, 0.15) is 5.82 Å². The first-order valence-corrected chi connectivity index (χ1v) is 11.1. The largest absolute Gasteiger partial charge is 0.416 e. The Hall–Kier alpha value is -2.17. The Morgan fingerprint density at radius 3 is 2.52 bits per heavy atom. The smallest absolute Gasteiger partial charge is 0.331 e. The molecule has 2 aromatic carbocycles. The lowest BCUT2D eigenvalue weighted by molar-refractivity contribution is -0.137. The van der Waals surface area contributed by atoms with E-state index in [-0.39, 0.29) is 29.0 Å². The number of carbonyl (C=O) groups is 1. The van der Waals surface area contributed by atoms with Crippen LogP contribution in [0.5, 0.6) is 0 Å². The molecule has 1 aliphatic rings. The summed E-state index contributed by atoms with van der Waals surface area (Å²) in [5, 5.41) is 5.52. The summed E-state index contributed by atoms with van der Waals surface area (Å²) in [6, 6.07) is 5.81. The van der Waals surface area contributed by atoms with Crippen molar-refractivity contribution in [3.63, 3.8) is 0 Å². The molecule has 5 nitrogen and oxygen atoms in total. The van der Waals surface area contributed by atoms with E-state index in [2.05, 4.69) is 10.6 Å². The van der Waals surface area contributed by atoms with Crippen LogP contribution in [0.3, 0.4) is 0 Å². The standard InChI is InChI=1S/C20H19ClF4N2O3S/c1-12-15(21)4-2-5-17(12)31(29,30)19(8-3-9-26-11-19)27-18(28)14-7-6-13(10-16(14)22)20(23,24)25/h2,4-7,10,26H,3,8-9,11H2,1H3,(H,27,28)/t19-/m0/s1. The number of benzene rings is 2. The zero-order valence-electron chi connectivity index (χ0n) is 16.3. The topological polar surface area (TPSA) is 75.3 Å². The van der Waals surface area contributed by atoms with Crippen molar-refractivity contribution in [3.05, 3.63) is 63.9 Å². The number of amides is 1. The molecular formula is C20H19ClF4N2O3S. The maximum Gasteiger partial charge on any atom is 0.416 e. The predicted molar refractivity (Wildman–Crippen MR) is 107 cm³/mol. The molecule has 1 heterocycles. The van der Waals surface area contributed by atoms with Gasteiger partial charge in [-0.2, -0.15) is 13.2 Å².